The molecule has 3 aromatic carbocycles. The van der Waals surface area contributed by atoms with Gasteiger partial charge >= 0.3 is 0 Å². The van der Waals surface area contributed by atoms with Crippen LogP contribution in [-0.4, -0.2) is 33.0 Å². The van der Waals surface area contributed by atoms with E-state index in [1.165, 1.54) is 42.5 Å². The van der Waals surface area contributed by atoms with Gasteiger partial charge in [0.15, 0.2) is 0 Å². The number of sulfonamides is 1. The molecule has 9 heteroatoms. The fourth-order valence-corrected chi connectivity index (χ4v) is 4.30. The molecule has 35 heavy (non-hydrogen) atoms. The lowest BCUT2D eigenvalue weighted by atomic mass is 10.1. The number of unbranched alkanes of at least 4 members (excludes halogenated alkanes) is 1. The van der Waals surface area contributed by atoms with Crippen LogP contribution in [0.2, 0.25) is 0 Å². The molecule has 7 nitrogen and oxygen atoms in total. The Morgan fingerprint density at radius 1 is 0.914 bits per heavy atom. The molecule has 0 bridgehead atoms. The SMILES string of the molecule is CCCCNC(=O)c1ccccc1NC(=O)c1ccc(N(Cc2ccccc2F)S(C)(=O)=O)cc1. The number of nitrogens with one attached hydrogen (secondary N) is 2. The standard InChI is InChI=1S/C26H28FN3O4S/c1-3-4-17-28-26(32)22-10-6-8-12-24(22)29-25(31)19-13-15-21(16-14-19)30(35(2,33)34)18-20-9-5-7-11-23(20)27/h5-16H,3-4,17-18H2,1-2H3,(H,28,32)(H,29,31). The normalized spacial score (nSPS) is 11.1. The molecular weight excluding hydrogens is 469 g/mol. The first-order valence-corrected chi connectivity index (χ1v) is 13.0. The van der Waals surface area contributed by atoms with E-state index in [0.717, 1.165) is 23.4 Å². The summed E-state index contributed by atoms with van der Waals surface area (Å²) < 4.78 is 40.0. The summed E-state index contributed by atoms with van der Waals surface area (Å²) in [5.41, 5.74) is 1.51. The van der Waals surface area contributed by atoms with Crippen LogP contribution < -0.4 is 14.9 Å². The minimum Gasteiger partial charge on any atom is -0.352 e. The van der Waals surface area contributed by atoms with Gasteiger partial charge in [-0.2, -0.15) is 0 Å². The molecule has 0 atom stereocenters. The first-order chi connectivity index (χ1) is 16.7. The van der Waals surface area contributed by atoms with E-state index in [1.54, 1.807) is 30.3 Å². The van der Waals surface area contributed by atoms with Crippen molar-refractivity contribution in [1.82, 2.24) is 5.32 Å². The van der Waals surface area contributed by atoms with Crippen molar-refractivity contribution >= 4 is 33.2 Å². The summed E-state index contributed by atoms with van der Waals surface area (Å²) >= 11 is 0. The molecule has 3 rings (SSSR count). The number of rotatable bonds is 10. The van der Waals surface area contributed by atoms with E-state index in [1.807, 2.05) is 6.92 Å². The maximum Gasteiger partial charge on any atom is 0.255 e. The van der Waals surface area contributed by atoms with Gasteiger partial charge in [0.25, 0.3) is 11.8 Å². The molecular formula is C26H28FN3O4S. The highest BCUT2D eigenvalue weighted by atomic mass is 32.2. The van der Waals surface area contributed by atoms with Crippen molar-refractivity contribution in [3.8, 4) is 0 Å². The molecule has 0 fully saturated rings. The van der Waals surface area contributed by atoms with Crippen molar-refractivity contribution in [3.63, 3.8) is 0 Å². The molecule has 0 saturated heterocycles. The average Bonchev–Trinajstić information content (AvgIpc) is 2.83. The fraction of sp³-hybridized carbons (Fsp3) is 0.231. The molecule has 0 aliphatic rings. The third-order valence-corrected chi connectivity index (χ3v) is 6.47. The number of benzene rings is 3. The second kappa shape index (κ2) is 11.6. The molecule has 0 spiro atoms. The van der Waals surface area contributed by atoms with E-state index in [4.69, 9.17) is 0 Å². The summed E-state index contributed by atoms with van der Waals surface area (Å²) in [6.45, 7) is 2.39. The largest absolute Gasteiger partial charge is 0.352 e. The number of nitrogens with zero attached hydrogens (tertiary/aromatic N) is 1. The van der Waals surface area contributed by atoms with Gasteiger partial charge in [-0.05, 0) is 48.9 Å². The van der Waals surface area contributed by atoms with Crippen LogP contribution in [0.15, 0.2) is 72.8 Å². The predicted molar refractivity (Wildman–Crippen MR) is 136 cm³/mol. The number of anilines is 2. The Morgan fingerprint density at radius 2 is 1.57 bits per heavy atom. The van der Waals surface area contributed by atoms with E-state index in [0.29, 0.717) is 23.5 Å². The van der Waals surface area contributed by atoms with Crippen LogP contribution in [0.1, 0.15) is 46.0 Å². The lowest BCUT2D eigenvalue weighted by Gasteiger charge is -2.23. The van der Waals surface area contributed by atoms with E-state index in [2.05, 4.69) is 10.6 Å². The van der Waals surface area contributed by atoms with Crippen molar-refractivity contribution in [1.29, 1.82) is 0 Å². The number of hydrogen-bond donors (Lipinski definition) is 2. The predicted octanol–water partition coefficient (Wildman–Crippen LogP) is 4.57. The minimum absolute atomic E-state index is 0.183. The third kappa shape index (κ3) is 6.89. The summed E-state index contributed by atoms with van der Waals surface area (Å²) in [5, 5.41) is 5.58. The van der Waals surface area contributed by atoms with E-state index >= 15 is 0 Å². The van der Waals surface area contributed by atoms with E-state index in [9.17, 15) is 22.4 Å². The molecule has 3 aromatic rings. The zero-order chi connectivity index (χ0) is 25.4. The Balaban J connectivity index is 1.78. The number of carbonyl (C=O) groups excluding carboxylic acids is 2. The van der Waals surface area contributed by atoms with Crippen LogP contribution >= 0.6 is 0 Å². The van der Waals surface area contributed by atoms with Crippen molar-refractivity contribution in [2.75, 3.05) is 22.4 Å². The van der Waals surface area contributed by atoms with Crippen LogP contribution in [0.25, 0.3) is 0 Å². The zero-order valence-electron chi connectivity index (χ0n) is 19.6. The van der Waals surface area contributed by atoms with Crippen LogP contribution in [-0.2, 0) is 16.6 Å². The van der Waals surface area contributed by atoms with Crippen molar-refractivity contribution in [2.45, 2.75) is 26.3 Å². The summed E-state index contributed by atoms with van der Waals surface area (Å²) in [5.74, 6) is -1.23. The quantitative estimate of drug-likeness (QED) is 0.401. The van der Waals surface area contributed by atoms with Gasteiger partial charge in [0, 0.05) is 17.7 Å². The van der Waals surface area contributed by atoms with Crippen LogP contribution in [0.3, 0.4) is 0 Å². The molecule has 0 aliphatic carbocycles. The molecule has 0 radical (unpaired) electrons. The first kappa shape index (κ1) is 25.9. The first-order valence-electron chi connectivity index (χ1n) is 11.2. The summed E-state index contributed by atoms with van der Waals surface area (Å²) in [7, 11) is -3.72. The lowest BCUT2D eigenvalue weighted by molar-refractivity contribution is 0.0954. The highest BCUT2D eigenvalue weighted by molar-refractivity contribution is 7.92. The Bertz CT molecular complexity index is 1290. The van der Waals surface area contributed by atoms with Crippen molar-refractivity contribution < 1.29 is 22.4 Å². The minimum atomic E-state index is -3.72. The Kier molecular flexibility index (Phi) is 8.59. The van der Waals surface area contributed by atoms with E-state index < -0.39 is 21.7 Å². The summed E-state index contributed by atoms with van der Waals surface area (Å²) in [4.78, 5) is 25.3. The topological polar surface area (TPSA) is 95.6 Å². The Morgan fingerprint density at radius 3 is 2.23 bits per heavy atom. The maximum absolute atomic E-state index is 14.1. The molecule has 184 valence electrons. The number of amides is 2. The highest BCUT2D eigenvalue weighted by Crippen LogP contribution is 2.23. The van der Waals surface area contributed by atoms with Gasteiger partial charge in [0.05, 0.1) is 29.7 Å². The third-order valence-electron chi connectivity index (χ3n) is 5.33. The monoisotopic (exact) mass is 497 g/mol. The van der Waals surface area contributed by atoms with E-state index in [-0.39, 0.29) is 23.6 Å². The number of hydrogen-bond acceptors (Lipinski definition) is 4. The van der Waals surface area contributed by atoms with Gasteiger partial charge < -0.3 is 10.6 Å². The molecule has 0 heterocycles. The maximum atomic E-state index is 14.1. The molecule has 2 N–H and O–H groups in total. The highest BCUT2D eigenvalue weighted by Gasteiger charge is 2.20. The molecule has 0 unspecified atom stereocenters. The van der Waals surface area contributed by atoms with Crippen LogP contribution in [0.5, 0.6) is 0 Å². The van der Waals surface area contributed by atoms with Crippen molar-refractivity contribution in [2.24, 2.45) is 0 Å². The summed E-state index contributed by atoms with van der Waals surface area (Å²) in [6, 6.07) is 18.6. The Labute approximate surface area is 205 Å². The molecule has 0 saturated carbocycles. The second-order valence-corrected chi connectivity index (χ2v) is 9.92. The van der Waals surface area contributed by atoms with Gasteiger partial charge in [-0.15, -0.1) is 0 Å². The van der Waals surface area contributed by atoms with Crippen molar-refractivity contribution in [3.05, 3.63) is 95.3 Å². The molecule has 0 aromatic heterocycles. The van der Waals surface area contributed by atoms with Gasteiger partial charge in [0.2, 0.25) is 10.0 Å². The zero-order valence-corrected chi connectivity index (χ0v) is 20.4. The van der Waals surface area contributed by atoms with Gasteiger partial charge in [0.1, 0.15) is 5.82 Å². The lowest BCUT2D eigenvalue weighted by Crippen LogP contribution is -2.29. The second-order valence-electron chi connectivity index (χ2n) is 8.02. The van der Waals surface area contributed by atoms with Gasteiger partial charge in [-0.3, -0.25) is 13.9 Å². The van der Waals surface area contributed by atoms with Gasteiger partial charge in [-0.1, -0.05) is 43.7 Å². The van der Waals surface area contributed by atoms with Crippen LogP contribution in [0, 0.1) is 5.82 Å². The molecule has 0 aliphatic heterocycles. The number of halogens is 1. The summed E-state index contributed by atoms with van der Waals surface area (Å²) in [6.07, 6.45) is 2.84. The average molecular weight is 498 g/mol. The number of para-hydroxylation sites is 1. The molecule has 2 amide bonds. The number of carbonyl (C=O) groups is 2. The van der Waals surface area contributed by atoms with Gasteiger partial charge in [-0.25, -0.2) is 12.8 Å². The van der Waals surface area contributed by atoms with Crippen LogP contribution in [0.4, 0.5) is 15.8 Å². The fourth-order valence-electron chi connectivity index (χ4n) is 3.42. The Hall–Kier alpha value is -3.72. The smallest absolute Gasteiger partial charge is 0.255 e.